The fraction of sp³-hybridized carbons (Fsp3) is 0.257. The van der Waals surface area contributed by atoms with Crippen LogP contribution in [0, 0.1) is 6.92 Å². The van der Waals surface area contributed by atoms with E-state index >= 15 is 0 Å². The molecule has 230 valence electrons. The fourth-order valence-corrected chi connectivity index (χ4v) is 6.38. The molecular formula is C35H38ClN3O4S. The van der Waals surface area contributed by atoms with Gasteiger partial charge in [-0.15, -0.1) is 0 Å². The van der Waals surface area contributed by atoms with Gasteiger partial charge in [0.15, 0.2) is 0 Å². The van der Waals surface area contributed by atoms with Gasteiger partial charge in [0, 0.05) is 24.0 Å². The van der Waals surface area contributed by atoms with Crippen molar-refractivity contribution in [1.29, 1.82) is 0 Å². The third-order valence-corrected chi connectivity index (χ3v) is 9.66. The number of anilines is 1. The Balaban J connectivity index is 1.80. The molecule has 9 heteroatoms. The number of aryl methyl sites for hydroxylation is 1. The Morgan fingerprint density at radius 2 is 1.43 bits per heavy atom. The molecule has 7 nitrogen and oxygen atoms in total. The van der Waals surface area contributed by atoms with Crippen molar-refractivity contribution in [3.05, 3.63) is 131 Å². The number of hydrogen-bond donors (Lipinski definition) is 1. The summed E-state index contributed by atoms with van der Waals surface area (Å²) in [5.74, 6) is -0.860. The van der Waals surface area contributed by atoms with Gasteiger partial charge in [-0.1, -0.05) is 103 Å². The number of para-hydroxylation sites is 1. The number of hydrogen-bond acceptors (Lipinski definition) is 4. The summed E-state index contributed by atoms with van der Waals surface area (Å²) in [7, 11) is -4.15. The van der Waals surface area contributed by atoms with Crippen LogP contribution in [0.15, 0.2) is 114 Å². The summed E-state index contributed by atoms with van der Waals surface area (Å²) >= 11 is 6.55. The normalized spacial score (nSPS) is 12.6. The van der Waals surface area contributed by atoms with Crippen molar-refractivity contribution < 1.29 is 18.0 Å². The molecule has 4 aromatic rings. The number of nitrogens with zero attached hydrogens (tertiary/aromatic N) is 2. The minimum atomic E-state index is -4.15. The third kappa shape index (κ3) is 8.27. The highest BCUT2D eigenvalue weighted by Gasteiger charge is 2.35. The summed E-state index contributed by atoms with van der Waals surface area (Å²) < 4.78 is 29.2. The first kappa shape index (κ1) is 32.8. The Morgan fingerprint density at radius 3 is 2.05 bits per heavy atom. The summed E-state index contributed by atoms with van der Waals surface area (Å²) in [6.45, 7) is 5.24. The van der Waals surface area contributed by atoms with E-state index in [9.17, 15) is 18.0 Å². The number of nitrogens with one attached hydrogen (secondary N) is 1. The van der Waals surface area contributed by atoms with E-state index in [4.69, 9.17) is 11.6 Å². The van der Waals surface area contributed by atoms with Gasteiger partial charge in [-0.25, -0.2) is 8.42 Å². The van der Waals surface area contributed by atoms with Crippen molar-refractivity contribution in [1.82, 2.24) is 10.2 Å². The number of halogens is 1. The SMILES string of the molecule is CC[C@H](C)NC(=O)[C@H](Cc1ccccc1)N(Cc1ccccc1Cl)C(=O)CN(c1ccccc1)S(=O)(=O)c1ccc(C)cc1. The first-order valence-electron chi connectivity index (χ1n) is 14.6. The van der Waals surface area contributed by atoms with Crippen LogP contribution in [0.4, 0.5) is 5.69 Å². The highest BCUT2D eigenvalue weighted by molar-refractivity contribution is 7.92. The lowest BCUT2D eigenvalue weighted by Crippen LogP contribution is -2.54. The van der Waals surface area contributed by atoms with Crippen molar-refractivity contribution in [3.8, 4) is 0 Å². The summed E-state index contributed by atoms with van der Waals surface area (Å²) in [5.41, 5.74) is 2.75. The third-order valence-electron chi connectivity index (χ3n) is 7.50. The maximum Gasteiger partial charge on any atom is 0.264 e. The Morgan fingerprint density at radius 1 is 0.841 bits per heavy atom. The van der Waals surface area contributed by atoms with Gasteiger partial charge in [0.2, 0.25) is 11.8 Å². The van der Waals surface area contributed by atoms with E-state index in [1.54, 1.807) is 60.7 Å². The molecule has 0 aliphatic rings. The molecule has 1 N–H and O–H groups in total. The van der Waals surface area contributed by atoms with Crippen LogP contribution >= 0.6 is 11.6 Å². The van der Waals surface area contributed by atoms with Crippen LogP contribution in [-0.4, -0.2) is 43.8 Å². The van der Waals surface area contributed by atoms with Crippen molar-refractivity contribution >= 4 is 39.1 Å². The largest absolute Gasteiger partial charge is 0.352 e. The molecule has 2 atom stereocenters. The number of sulfonamides is 1. The van der Waals surface area contributed by atoms with E-state index in [0.717, 1.165) is 15.4 Å². The van der Waals surface area contributed by atoms with Crippen LogP contribution in [0.3, 0.4) is 0 Å². The molecule has 0 spiro atoms. The molecule has 0 saturated heterocycles. The number of amides is 2. The molecule has 4 aromatic carbocycles. The van der Waals surface area contributed by atoms with Gasteiger partial charge in [0.05, 0.1) is 10.6 Å². The van der Waals surface area contributed by atoms with E-state index in [0.29, 0.717) is 22.7 Å². The number of rotatable bonds is 13. The molecule has 0 aliphatic carbocycles. The molecule has 0 saturated carbocycles. The Kier molecular flexibility index (Phi) is 11.2. The zero-order chi connectivity index (χ0) is 31.7. The van der Waals surface area contributed by atoms with E-state index < -0.39 is 28.5 Å². The number of carbonyl (C=O) groups excluding carboxylic acids is 2. The maximum absolute atomic E-state index is 14.5. The monoisotopic (exact) mass is 631 g/mol. The van der Waals surface area contributed by atoms with E-state index in [2.05, 4.69) is 5.32 Å². The topological polar surface area (TPSA) is 86.8 Å². The average Bonchev–Trinajstić information content (AvgIpc) is 3.03. The zero-order valence-electron chi connectivity index (χ0n) is 25.2. The standard InChI is InChI=1S/C35H38ClN3O4S/c1-4-27(3)37-35(41)33(23-28-13-7-5-8-14-28)38(24-29-15-11-12-18-32(29)36)34(40)25-39(30-16-9-6-10-17-30)44(42,43)31-21-19-26(2)20-22-31/h5-22,27,33H,4,23-25H2,1-3H3,(H,37,41)/t27-,33-/m0/s1. The summed E-state index contributed by atoms with van der Waals surface area (Å²) in [6, 6.07) is 30.5. The molecule has 0 unspecified atom stereocenters. The van der Waals surface area contributed by atoms with Crippen LogP contribution in [0.2, 0.25) is 5.02 Å². The Hall–Kier alpha value is -4.14. The second-order valence-electron chi connectivity index (χ2n) is 10.8. The highest BCUT2D eigenvalue weighted by atomic mass is 35.5. The molecule has 44 heavy (non-hydrogen) atoms. The van der Waals surface area contributed by atoms with Crippen LogP contribution in [0.1, 0.15) is 37.0 Å². The molecule has 4 rings (SSSR count). The fourth-order valence-electron chi connectivity index (χ4n) is 4.77. The van der Waals surface area contributed by atoms with Crippen molar-refractivity contribution in [2.45, 2.75) is 57.1 Å². The first-order valence-corrected chi connectivity index (χ1v) is 16.4. The van der Waals surface area contributed by atoms with Gasteiger partial charge in [0.25, 0.3) is 10.0 Å². The second-order valence-corrected chi connectivity index (χ2v) is 13.1. The van der Waals surface area contributed by atoms with Crippen molar-refractivity contribution in [2.24, 2.45) is 0 Å². The van der Waals surface area contributed by atoms with Gasteiger partial charge < -0.3 is 10.2 Å². The van der Waals surface area contributed by atoms with Gasteiger partial charge >= 0.3 is 0 Å². The lowest BCUT2D eigenvalue weighted by Gasteiger charge is -2.34. The lowest BCUT2D eigenvalue weighted by atomic mass is 10.0. The average molecular weight is 632 g/mol. The molecule has 0 aliphatic heterocycles. The van der Waals surface area contributed by atoms with Gasteiger partial charge in [-0.2, -0.15) is 0 Å². The van der Waals surface area contributed by atoms with Gasteiger partial charge in [0.1, 0.15) is 12.6 Å². The highest BCUT2D eigenvalue weighted by Crippen LogP contribution is 2.26. The molecular weight excluding hydrogens is 594 g/mol. The Labute approximate surface area is 265 Å². The second kappa shape index (κ2) is 15.0. The quantitative estimate of drug-likeness (QED) is 0.185. The molecule has 0 fully saturated rings. The zero-order valence-corrected chi connectivity index (χ0v) is 26.8. The summed E-state index contributed by atoms with van der Waals surface area (Å²) in [4.78, 5) is 29.9. The van der Waals surface area contributed by atoms with Crippen LogP contribution in [0.5, 0.6) is 0 Å². The first-order chi connectivity index (χ1) is 21.1. The molecule has 0 radical (unpaired) electrons. The minimum absolute atomic E-state index is 0.0111. The molecule has 0 aromatic heterocycles. The molecule has 0 bridgehead atoms. The van der Waals surface area contributed by atoms with E-state index in [-0.39, 0.29) is 29.8 Å². The predicted octanol–water partition coefficient (Wildman–Crippen LogP) is 6.40. The number of benzene rings is 4. The van der Waals surface area contributed by atoms with Crippen LogP contribution < -0.4 is 9.62 Å². The van der Waals surface area contributed by atoms with Crippen molar-refractivity contribution in [3.63, 3.8) is 0 Å². The molecule has 2 amide bonds. The minimum Gasteiger partial charge on any atom is -0.352 e. The van der Waals surface area contributed by atoms with Crippen LogP contribution in [0.25, 0.3) is 0 Å². The summed E-state index contributed by atoms with van der Waals surface area (Å²) in [6.07, 6.45) is 0.939. The van der Waals surface area contributed by atoms with E-state index in [1.165, 1.54) is 17.0 Å². The van der Waals surface area contributed by atoms with E-state index in [1.807, 2.05) is 57.2 Å². The lowest BCUT2D eigenvalue weighted by molar-refractivity contribution is -0.140. The maximum atomic E-state index is 14.5. The van der Waals surface area contributed by atoms with Gasteiger partial charge in [-0.3, -0.25) is 13.9 Å². The smallest absolute Gasteiger partial charge is 0.264 e. The van der Waals surface area contributed by atoms with Gasteiger partial charge in [-0.05, 0) is 61.7 Å². The predicted molar refractivity (Wildman–Crippen MR) is 176 cm³/mol. The Bertz CT molecular complexity index is 1650. The number of carbonyl (C=O) groups is 2. The van der Waals surface area contributed by atoms with Crippen LogP contribution in [-0.2, 0) is 32.6 Å². The molecule has 0 heterocycles. The summed E-state index contributed by atoms with van der Waals surface area (Å²) in [5, 5.41) is 3.48. The van der Waals surface area contributed by atoms with Crippen molar-refractivity contribution in [2.75, 3.05) is 10.8 Å².